The summed E-state index contributed by atoms with van der Waals surface area (Å²) in [5, 5.41) is 22.0. The van der Waals surface area contributed by atoms with Crippen LogP contribution in [0.1, 0.15) is 59.4 Å². The maximum absolute atomic E-state index is 10.9. The van der Waals surface area contributed by atoms with Gasteiger partial charge in [-0.05, 0) is 33.1 Å². The number of anilines is 1. The van der Waals surface area contributed by atoms with Gasteiger partial charge in [0, 0.05) is 18.2 Å². The zero-order valence-corrected chi connectivity index (χ0v) is 21.0. The Kier molecular flexibility index (Phi) is 7.90. The van der Waals surface area contributed by atoms with Crippen LogP contribution < -0.4 is 5.32 Å². The molecule has 0 bridgehead atoms. The van der Waals surface area contributed by atoms with E-state index < -0.39 is 11.8 Å². The van der Waals surface area contributed by atoms with Gasteiger partial charge in [0.2, 0.25) is 0 Å². The molecule has 2 N–H and O–H groups in total. The lowest BCUT2D eigenvalue weighted by Gasteiger charge is -2.23. The van der Waals surface area contributed by atoms with Gasteiger partial charge in [0.15, 0.2) is 27.9 Å². The summed E-state index contributed by atoms with van der Waals surface area (Å²) in [5.41, 5.74) is 1.30. The van der Waals surface area contributed by atoms with Crippen molar-refractivity contribution < 1.29 is 24.1 Å². The molecule has 188 valence electrons. The van der Waals surface area contributed by atoms with Crippen LogP contribution in [0.15, 0.2) is 5.16 Å². The molecule has 1 aliphatic carbocycles. The van der Waals surface area contributed by atoms with Gasteiger partial charge in [0.05, 0.1) is 18.8 Å². The number of fused-ring (bicyclic) bond motifs is 2. The number of nitrogens with zero attached hydrogens (tertiary/aromatic N) is 5. The molecule has 12 heteroatoms. The first-order valence-electron chi connectivity index (χ1n) is 12.0. The zero-order chi connectivity index (χ0) is 24.3. The van der Waals surface area contributed by atoms with Gasteiger partial charge in [-0.15, -0.1) is 5.10 Å². The molecule has 1 saturated carbocycles. The quantitative estimate of drug-likeness (QED) is 0.256. The van der Waals surface area contributed by atoms with Crippen molar-refractivity contribution in [1.29, 1.82) is 0 Å². The van der Waals surface area contributed by atoms with Gasteiger partial charge in [0.25, 0.3) is 0 Å². The average Bonchev–Trinajstić information content (AvgIpc) is 3.43. The number of aromatic nitrogens is 5. The van der Waals surface area contributed by atoms with E-state index in [0.717, 1.165) is 31.6 Å². The predicted molar refractivity (Wildman–Crippen MR) is 127 cm³/mol. The summed E-state index contributed by atoms with van der Waals surface area (Å²) in [5.74, 6) is -0.158. The first-order chi connectivity index (χ1) is 16.3. The molecule has 1 aliphatic heterocycles. The second-order valence-corrected chi connectivity index (χ2v) is 10.3. The highest BCUT2D eigenvalue weighted by Crippen LogP contribution is 2.47. The van der Waals surface area contributed by atoms with E-state index in [-0.39, 0.29) is 37.4 Å². The summed E-state index contributed by atoms with van der Waals surface area (Å²) < 4.78 is 19.7. The monoisotopic (exact) mass is 494 g/mol. The van der Waals surface area contributed by atoms with Crippen molar-refractivity contribution >= 4 is 34.7 Å². The molecular weight excluding hydrogens is 460 g/mol. The Morgan fingerprint density at radius 3 is 2.79 bits per heavy atom. The van der Waals surface area contributed by atoms with Gasteiger partial charge in [0.1, 0.15) is 12.7 Å². The Morgan fingerprint density at radius 2 is 2.06 bits per heavy atom. The summed E-state index contributed by atoms with van der Waals surface area (Å²) in [4.78, 5) is 20.4. The Labute approximate surface area is 203 Å². The maximum atomic E-state index is 10.9. The van der Waals surface area contributed by atoms with E-state index >= 15 is 0 Å². The summed E-state index contributed by atoms with van der Waals surface area (Å²) in [6.45, 7) is 8.77. The summed E-state index contributed by atoms with van der Waals surface area (Å²) in [6.07, 6.45) is 3.29. The number of carbonyl (C=O) groups is 1. The van der Waals surface area contributed by atoms with E-state index in [1.807, 2.05) is 18.5 Å². The fourth-order valence-corrected chi connectivity index (χ4v) is 5.25. The van der Waals surface area contributed by atoms with E-state index in [9.17, 15) is 4.79 Å². The van der Waals surface area contributed by atoms with Crippen LogP contribution in [0, 0.1) is 5.92 Å². The lowest BCUT2D eigenvalue weighted by Crippen LogP contribution is -2.29. The van der Waals surface area contributed by atoms with Gasteiger partial charge in [-0.1, -0.05) is 37.2 Å². The first-order valence-corrected chi connectivity index (χ1v) is 13.0. The summed E-state index contributed by atoms with van der Waals surface area (Å²) >= 11 is 1.61. The number of hydrogen-bond acceptors (Lipinski definition) is 10. The van der Waals surface area contributed by atoms with Gasteiger partial charge in [-0.2, -0.15) is 0 Å². The molecule has 4 atom stereocenters. The van der Waals surface area contributed by atoms with Gasteiger partial charge in [-0.25, -0.2) is 19.4 Å². The lowest BCUT2D eigenvalue weighted by molar-refractivity contribution is -0.164. The SMILES string of the molecule is CCCCNc1nc(SCCC)nc2c1nnn2[C@@H]1C[C@H](COCC(=O)O)[C@H]2OC(C)(C)O[C@H]21. The Bertz CT molecular complexity index is 1000. The molecule has 2 aliphatic rings. The summed E-state index contributed by atoms with van der Waals surface area (Å²) in [6, 6.07) is -0.169. The molecule has 4 rings (SSSR count). The van der Waals surface area contributed by atoms with Crippen LogP contribution in [-0.4, -0.2) is 79.5 Å². The number of hydrogen-bond donors (Lipinski definition) is 2. The number of thioether (sulfide) groups is 1. The zero-order valence-electron chi connectivity index (χ0n) is 20.2. The number of unbranched alkanes of at least 4 members (excludes halogenated alkanes) is 1. The van der Waals surface area contributed by atoms with Gasteiger partial charge < -0.3 is 24.6 Å². The molecule has 11 nitrogen and oxygen atoms in total. The molecule has 0 spiro atoms. The number of aliphatic carboxylic acids is 1. The topological polar surface area (TPSA) is 134 Å². The van der Waals surface area contributed by atoms with Crippen molar-refractivity contribution in [3.8, 4) is 0 Å². The average molecular weight is 495 g/mol. The number of nitrogens with one attached hydrogen (secondary N) is 1. The molecule has 0 radical (unpaired) electrons. The van der Waals surface area contributed by atoms with Crippen LogP contribution in [0.2, 0.25) is 0 Å². The normalized spacial score (nSPS) is 25.6. The van der Waals surface area contributed by atoms with Crippen molar-refractivity contribution in [2.24, 2.45) is 5.92 Å². The number of rotatable bonds is 12. The second kappa shape index (κ2) is 10.7. The fourth-order valence-electron chi connectivity index (χ4n) is 4.56. The van der Waals surface area contributed by atoms with Crippen LogP contribution in [0.4, 0.5) is 5.82 Å². The summed E-state index contributed by atoms with van der Waals surface area (Å²) in [7, 11) is 0. The minimum atomic E-state index is -0.991. The van der Waals surface area contributed by atoms with E-state index in [4.69, 9.17) is 29.3 Å². The molecule has 3 heterocycles. The molecule has 0 unspecified atom stereocenters. The lowest BCUT2D eigenvalue weighted by atomic mass is 10.1. The van der Waals surface area contributed by atoms with Crippen molar-refractivity contribution in [2.75, 3.05) is 30.8 Å². The van der Waals surface area contributed by atoms with Crippen LogP contribution >= 0.6 is 11.8 Å². The molecule has 0 aromatic carbocycles. The highest BCUT2D eigenvalue weighted by molar-refractivity contribution is 7.99. The smallest absolute Gasteiger partial charge is 0.329 e. The van der Waals surface area contributed by atoms with E-state index in [0.29, 0.717) is 28.6 Å². The predicted octanol–water partition coefficient (Wildman–Crippen LogP) is 3.12. The van der Waals surface area contributed by atoms with Crippen molar-refractivity contribution in [3.05, 3.63) is 0 Å². The largest absolute Gasteiger partial charge is 0.480 e. The molecule has 2 fully saturated rings. The van der Waals surface area contributed by atoms with Crippen LogP contribution in [0.5, 0.6) is 0 Å². The minimum absolute atomic E-state index is 0.0340. The van der Waals surface area contributed by atoms with Crippen molar-refractivity contribution in [3.63, 3.8) is 0 Å². The molecule has 1 saturated heterocycles. The minimum Gasteiger partial charge on any atom is -0.480 e. The van der Waals surface area contributed by atoms with Gasteiger partial charge >= 0.3 is 5.97 Å². The van der Waals surface area contributed by atoms with Crippen LogP contribution in [0.25, 0.3) is 11.2 Å². The third-order valence-electron chi connectivity index (χ3n) is 5.98. The molecule has 34 heavy (non-hydrogen) atoms. The third-order valence-corrected chi connectivity index (χ3v) is 7.04. The molecule has 2 aromatic heterocycles. The number of ether oxygens (including phenoxy) is 3. The number of carboxylic acid groups (broad SMARTS) is 1. The first kappa shape index (κ1) is 25.1. The van der Waals surface area contributed by atoms with Crippen LogP contribution in [-0.2, 0) is 19.0 Å². The number of carboxylic acids is 1. The molecular formula is C22H34N6O5S. The Morgan fingerprint density at radius 1 is 1.26 bits per heavy atom. The standard InChI is InChI=1S/C22H34N6O5S/c1-5-7-8-23-19-16-20(25-21(24-19)34-9-6-2)28(27-26-16)14-10-13(11-31-12-15(29)30)17-18(14)33-22(3,4)32-17/h13-14,17-18H,5-12H2,1-4H3,(H,29,30)(H,23,24,25)/t13-,14-,17-,18+/m1/s1. The molecule has 2 aromatic rings. The highest BCUT2D eigenvalue weighted by atomic mass is 32.2. The fraction of sp³-hybridized carbons (Fsp3) is 0.773. The van der Waals surface area contributed by atoms with E-state index in [2.05, 4.69) is 29.5 Å². The van der Waals surface area contributed by atoms with Crippen molar-refractivity contribution in [2.45, 2.75) is 82.6 Å². The molecule has 0 amide bonds. The van der Waals surface area contributed by atoms with Crippen LogP contribution in [0.3, 0.4) is 0 Å². The van der Waals surface area contributed by atoms with E-state index in [1.54, 1.807) is 11.8 Å². The van der Waals surface area contributed by atoms with E-state index in [1.165, 1.54) is 0 Å². The van der Waals surface area contributed by atoms with Gasteiger partial charge in [-0.3, -0.25) is 0 Å². The Hall–Kier alpha value is -2.02. The highest BCUT2D eigenvalue weighted by Gasteiger charge is 2.55. The second-order valence-electron chi connectivity index (χ2n) is 9.23. The maximum Gasteiger partial charge on any atom is 0.329 e. The Balaban J connectivity index is 1.65. The third kappa shape index (κ3) is 5.45. The van der Waals surface area contributed by atoms with Crippen molar-refractivity contribution in [1.82, 2.24) is 25.0 Å².